The van der Waals surface area contributed by atoms with Crippen LogP contribution < -0.4 is 4.72 Å². The minimum atomic E-state index is -4.79. The minimum Gasteiger partial charge on any atom is -0.386 e. The normalized spacial score (nSPS) is 14.5. The van der Waals surface area contributed by atoms with Crippen LogP contribution in [0.2, 0.25) is 5.02 Å². The summed E-state index contributed by atoms with van der Waals surface area (Å²) in [4.78, 5) is -0.916. The SMILES string of the molecule is O=S(=O)(NCC(O)C(F)F)c1cc(C(F)(F)F)ccc1Cl. The minimum absolute atomic E-state index is 0.277. The fourth-order valence-electron chi connectivity index (χ4n) is 1.25. The smallest absolute Gasteiger partial charge is 0.386 e. The first-order chi connectivity index (χ1) is 9.45. The molecule has 1 unspecified atom stereocenters. The van der Waals surface area contributed by atoms with Crippen molar-refractivity contribution in [2.45, 2.75) is 23.6 Å². The van der Waals surface area contributed by atoms with Crippen LogP contribution >= 0.6 is 11.6 Å². The quantitative estimate of drug-likeness (QED) is 0.798. The van der Waals surface area contributed by atoms with Crippen LogP contribution in [0, 0.1) is 0 Å². The first-order valence-corrected chi connectivity index (χ1v) is 7.14. The Balaban J connectivity index is 3.08. The lowest BCUT2D eigenvalue weighted by atomic mass is 10.2. The fourth-order valence-corrected chi connectivity index (χ4v) is 2.82. The molecule has 0 radical (unpaired) electrons. The zero-order valence-electron chi connectivity index (χ0n) is 10.0. The third-order valence-electron chi connectivity index (χ3n) is 2.32. The molecule has 0 aromatic heterocycles. The molecule has 0 fully saturated rings. The van der Waals surface area contributed by atoms with Crippen LogP contribution in [0.15, 0.2) is 23.1 Å². The van der Waals surface area contributed by atoms with Gasteiger partial charge in [-0.3, -0.25) is 0 Å². The van der Waals surface area contributed by atoms with E-state index < -0.39 is 50.8 Å². The van der Waals surface area contributed by atoms with Crippen LogP contribution in [-0.4, -0.2) is 32.6 Å². The molecular weight excluding hydrogens is 345 g/mol. The van der Waals surface area contributed by atoms with Crippen molar-refractivity contribution < 1.29 is 35.5 Å². The number of benzene rings is 1. The van der Waals surface area contributed by atoms with E-state index >= 15 is 0 Å². The lowest BCUT2D eigenvalue weighted by molar-refractivity contribution is -0.137. The Morgan fingerprint density at radius 3 is 2.33 bits per heavy atom. The number of aliphatic hydroxyl groups is 1. The van der Waals surface area contributed by atoms with Gasteiger partial charge in [-0.05, 0) is 18.2 Å². The molecule has 0 aliphatic rings. The maximum absolute atomic E-state index is 12.5. The predicted molar refractivity (Wildman–Crippen MR) is 63.7 cm³/mol. The molecular formula is C10H9ClF5NO3S. The molecule has 1 rings (SSSR count). The molecule has 21 heavy (non-hydrogen) atoms. The number of sulfonamides is 1. The summed E-state index contributed by atoms with van der Waals surface area (Å²) in [7, 11) is -4.58. The van der Waals surface area contributed by atoms with Crippen LogP contribution in [0.3, 0.4) is 0 Å². The highest BCUT2D eigenvalue weighted by atomic mass is 35.5. The van der Waals surface area contributed by atoms with Crippen molar-refractivity contribution in [1.29, 1.82) is 0 Å². The van der Waals surface area contributed by atoms with E-state index in [4.69, 9.17) is 16.7 Å². The van der Waals surface area contributed by atoms with E-state index in [0.717, 1.165) is 6.07 Å². The summed E-state index contributed by atoms with van der Waals surface area (Å²) in [5, 5.41) is 8.29. The molecule has 1 aromatic carbocycles. The summed E-state index contributed by atoms with van der Waals surface area (Å²) >= 11 is 5.51. The fraction of sp³-hybridized carbons (Fsp3) is 0.400. The third kappa shape index (κ3) is 4.77. The van der Waals surface area contributed by atoms with Crippen LogP contribution in [0.4, 0.5) is 22.0 Å². The summed E-state index contributed by atoms with van der Waals surface area (Å²) in [5.74, 6) is 0. The summed E-state index contributed by atoms with van der Waals surface area (Å²) in [6, 6.07) is 1.58. The monoisotopic (exact) mass is 353 g/mol. The number of hydrogen-bond acceptors (Lipinski definition) is 3. The van der Waals surface area contributed by atoms with Gasteiger partial charge < -0.3 is 5.11 Å². The van der Waals surface area contributed by atoms with E-state index in [-0.39, 0.29) is 6.07 Å². The maximum atomic E-state index is 12.5. The van der Waals surface area contributed by atoms with Gasteiger partial charge in [0.2, 0.25) is 10.0 Å². The first kappa shape index (κ1) is 18.1. The Hall–Kier alpha value is -0.970. The average Bonchev–Trinajstić information content (AvgIpc) is 2.34. The number of aliphatic hydroxyl groups excluding tert-OH is 1. The van der Waals surface area contributed by atoms with E-state index in [2.05, 4.69) is 0 Å². The van der Waals surface area contributed by atoms with Gasteiger partial charge in [-0.15, -0.1) is 0 Å². The molecule has 0 saturated heterocycles. The summed E-state index contributed by atoms with van der Waals surface area (Å²) in [6.45, 7) is -1.06. The molecule has 11 heteroatoms. The Kier molecular flexibility index (Phi) is 5.53. The van der Waals surface area contributed by atoms with Crippen molar-refractivity contribution >= 4 is 21.6 Å². The van der Waals surface area contributed by atoms with Crippen molar-refractivity contribution in [1.82, 2.24) is 4.72 Å². The highest BCUT2D eigenvalue weighted by Gasteiger charge is 2.33. The van der Waals surface area contributed by atoms with Crippen LogP contribution in [0.5, 0.6) is 0 Å². The number of alkyl halides is 5. The van der Waals surface area contributed by atoms with E-state index in [9.17, 15) is 30.4 Å². The lowest BCUT2D eigenvalue weighted by Crippen LogP contribution is -2.36. The molecule has 2 N–H and O–H groups in total. The van der Waals surface area contributed by atoms with E-state index in [1.165, 1.54) is 0 Å². The molecule has 0 spiro atoms. The second kappa shape index (κ2) is 6.42. The second-order valence-corrected chi connectivity index (χ2v) is 6.04. The summed E-state index contributed by atoms with van der Waals surface area (Å²) in [5.41, 5.74) is -1.26. The van der Waals surface area contributed by atoms with Crippen molar-refractivity contribution in [3.63, 3.8) is 0 Å². The van der Waals surface area contributed by atoms with Crippen LogP contribution in [0.25, 0.3) is 0 Å². The Bertz CT molecular complexity index is 605. The Labute approximate surface area is 121 Å². The molecule has 1 atom stereocenters. The lowest BCUT2D eigenvalue weighted by Gasteiger charge is -2.14. The highest BCUT2D eigenvalue weighted by molar-refractivity contribution is 7.89. The van der Waals surface area contributed by atoms with Crippen molar-refractivity contribution in [3.05, 3.63) is 28.8 Å². The average molecular weight is 354 g/mol. The number of halogens is 6. The molecule has 4 nitrogen and oxygen atoms in total. The number of nitrogens with one attached hydrogen (secondary N) is 1. The molecule has 0 aliphatic carbocycles. The Morgan fingerprint density at radius 2 is 1.86 bits per heavy atom. The van der Waals surface area contributed by atoms with Crippen molar-refractivity contribution in [2.75, 3.05) is 6.54 Å². The molecule has 1 aromatic rings. The zero-order chi connectivity index (χ0) is 16.4. The zero-order valence-corrected chi connectivity index (χ0v) is 11.6. The van der Waals surface area contributed by atoms with Crippen molar-refractivity contribution in [2.24, 2.45) is 0 Å². The molecule has 0 aliphatic heterocycles. The maximum Gasteiger partial charge on any atom is 0.416 e. The largest absolute Gasteiger partial charge is 0.416 e. The molecule has 0 amide bonds. The van der Waals surface area contributed by atoms with Gasteiger partial charge in [-0.25, -0.2) is 21.9 Å². The summed E-state index contributed by atoms with van der Waals surface area (Å²) < 4.78 is 86.7. The molecule has 0 saturated carbocycles. The van der Waals surface area contributed by atoms with Crippen LogP contribution in [0.1, 0.15) is 5.56 Å². The van der Waals surface area contributed by atoms with Gasteiger partial charge in [0.15, 0.2) is 0 Å². The van der Waals surface area contributed by atoms with Gasteiger partial charge >= 0.3 is 6.18 Å². The van der Waals surface area contributed by atoms with Gasteiger partial charge in [0, 0.05) is 6.54 Å². The highest BCUT2D eigenvalue weighted by Crippen LogP contribution is 2.33. The third-order valence-corrected chi connectivity index (χ3v) is 4.23. The van der Waals surface area contributed by atoms with Gasteiger partial charge in [-0.2, -0.15) is 13.2 Å². The van der Waals surface area contributed by atoms with Gasteiger partial charge in [0.1, 0.15) is 11.0 Å². The molecule has 0 heterocycles. The van der Waals surface area contributed by atoms with Gasteiger partial charge in [0.25, 0.3) is 6.43 Å². The number of hydrogen-bond donors (Lipinski definition) is 2. The summed E-state index contributed by atoms with van der Waals surface area (Å²) in [6.07, 6.45) is -10.3. The molecule has 0 bridgehead atoms. The van der Waals surface area contributed by atoms with Crippen LogP contribution in [-0.2, 0) is 16.2 Å². The number of rotatable bonds is 5. The topological polar surface area (TPSA) is 66.4 Å². The van der Waals surface area contributed by atoms with E-state index in [0.29, 0.717) is 6.07 Å². The predicted octanol–water partition coefficient (Wildman–Crippen LogP) is 2.26. The second-order valence-electron chi connectivity index (χ2n) is 3.90. The van der Waals surface area contributed by atoms with E-state index in [1.54, 1.807) is 4.72 Å². The van der Waals surface area contributed by atoms with E-state index in [1.807, 2.05) is 0 Å². The molecule has 120 valence electrons. The van der Waals surface area contributed by atoms with Gasteiger partial charge in [-0.1, -0.05) is 11.6 Å². The van der Waals surface area contributed by atoms with Gasteiger partial charge in [0.05, 0.1) is 10.6 Å². The van der Waals surface area contributed by atoms with Crippen molar-refractivity contribution in [3.8, 4) is 0 Å². The standard InChI is InChI=1S/C10H9ClF5NO3S/c11-6-2-1-5(10(14,15)16)3-8(6)21(19,20)17-4-7(18)9(12)13/h1-3,7,9,17-18H,4H2. The Morgan fingerprint density at radius 1 is 1.29 bits per heavy atom. The first-order valence-electron chi connectivity index (χ1n) is 5.28.